The van der Waals surface area contributed by atoms with Crippen molar-refractivity contribution in [2.75, 3.05) is 39.1 Å². The standard InChI is InChI=1S/C19H30N4O2/c1-14(19(25)23-10-6-8-16(13-23)18(20)24)22(4)12-15-7-5-9-17(11-15)21(2)3/h5,7,9,11,14,16H,6,8,10,12-13H2,1-4H3,(H2,20,24). The summed E-state index contributed by atoms with van der Waals surface area (Å²) in [7, 11) is 5.99. The number of hydrogen-bond acceptors (Lipinski definition) is 4. The van der Waals surface area contributed by atoms with Gasteiger partial charge in [0.05, 0.1) is 12.0 Å². The molecule has 0 radical (unpaired) electrons. The number of piperidine rings is 1. The maximum atomic E-state index is 12.8. The van der Waals surface area contributed by atoms with Gasteiger partial charge in [-0.15, -0.1) is 0 Å². The third-order valence-electron chi connectivity index (χ3n) is 5.01. The predicted octanol–water partition coefficient (Wildman–Crippen LogP) is 1.30. The minimum atomic E-state index is -0.306. The lowest BCUT2D eigenvalue weighted by Gasteiger charge is -2.35. The van der Waals surface area contributed by atoms with E-state index in [9.17, 15) is 9.59 Å². The van der Waals surface area contributed by atoms with E-state index in [4.69, 9.17) is 5.73 Å². The predicted molar refractivity (Wildman–Crippen MR) is 100 cm³/mol. The topological polar surface area (TPSA) is 69.9 Å². The highest BCUT2D eigenvalue weighted by Gasteiger charge is 2.30. The first-order valence-corrected chi connectivity index (χ1v) is 8.84. The van der Waals surface area contributed by atoms with E-state index in [1.807, 2.05) is 39.0 Å². The average Bonchev–Trinajstić information content (AvgIpc) is 2.60. The van der Waals surface area contributed by atoms with Crippen LogP contribution in [0.2, 0.25) is 0 Å². The number of likely N-dealkylation sites (N-methyl/N-ethyl adjacent to an activating group) is 1. The Labute approximate surface area is 150 Å². The lowest BCUT2D eigenvalue weighted by Crippen LogP contribution is -2.50. The fourth-order valence-corrected chi connectivity index (χ4v) is 3.22. The van der Waals surface area contributed by atoms with Crippen molar-refractivity contribution in [2.45, 2.75) is 32.4 Å². The molecule has 1 saturated heterocycles. The molecule has 0 aliphatic carbocycles. The van der Waals surface area contributed by atoms with E-state index in [0.29, 0.717) is 19.6 Å². The summed E-state index contributed by atoms with van der Waals surface area (Å²) < 4.78 is 0. The van der Waals surface area contributed by atoms with Gasteiger partial charge in [0.2, 0.25) is 11.8 Å². The molecule has 6 nitrogen and oxygen atoms in total. The van der Waals surface area contributed by atoms with Crippen LogP contribution in [-0.2, 0) is 16.1 Å². The highest BCUT2D eigenvalue weighted by Crippen LogP contribution is 2.19. The molecule has 2 amide bonds. The van der Waals surface area contributed by atoms with E-state index in [-0.39, 0.29) is 23.8 Å². The Balaban J connectivity index is 1.99. The molecule has 2 N–H and O–H groups in total. The molecule has 1 aromatic carbocycles. The summed E-state index contributed by atoms with van der Waals surface area (Å²) in [6.07, 6.45) is 1.61. The second kappa shape index (κ2) is 8.34. The maximum absolute atomic E-state index is 12.8. The van der Waals surface area contributed by atoms with Crippen LogP contribution in [0.25, 0.3) is 0 Å². The van der Waals surface area contributed by atoms with Crippen molar-refractivity contribution in [2.24, 2.45) is 11.7 Å². The van der Waals surface area contributed by atoms with Gasteiger partial charge in [0.25, 0.3) is 0 Å². The molecule has 2 rings (SSSR count). The largest absolute Gasteiger partial charge is 0.378 e. The van der Waals surface area contributed by atoms with Crippen LogP contribution in [0.4, 0.5) is 5.69 Å². The molecule has 0 aromatic heterocycles. The van der Waals surface area contributed by atoms with Gasteiger partial charge < -0.3 is 15.5 Å². The van der Waals surface area contributed by atoms with Crippen LogP contribution in [0.15, 0.2) is 24.3 Å². The smallest absolute Gasteiger partial charge is 0.239 e. The molecular formula is C19H30N4O2. The number of carbonyl (C=O) groups excluding carboxylic acids is 2. The molecule has 1 aliphatic heterocycles. The van der Waals surface area contributed by atoms with Gasteiger partial charge >= 0.3 is 0 Å². The van der Waals surface area contributed by atoms with Crippen LogP contribution in [0.5, 0.6) is 0 Å². The van der Waals surface area contributed by atoms with Crippen LogP contribution in [0.1, 0.15) is 25.3 Å². The zero-order valence-electron chi connectivity index (χ0n) is 15.7. The molecule has 1 fully saturated rings. The molecule has 25 heavy (non-hydrogen) atoms. The van der Waals surface area contributed by atoms with Gasteiger partial charge in [-0.3, -0.25) is 14.5 Å². The molecule has 0 saturated carbocycles. The highest BCUT2D eigenvalue weighted by atomic mass is 16.2. The van der Waals surface area contributed by atoms with Crippen LogP contribution in [0.3, 0.4) is 0 Å². The maximum Gasteiger partial charge on any atom is 0.239 e. The molecule has 0 spiro atoms. The van der Waals surface area contributed by atoms with Crippen molar-refractivity contribution < 1.29 is 9.59 Å². The van der Waals surface area contributed by atoms with Gasteiger partial charge in [-0.1, -0.05) is 12.1 Å². The van der Waals surface area contributed by atoms with E-state index in [0.717, 1.165) is 18.5 Å². The third-order valence-corrected chi connectivity index (χ3v) is 5.01. The Morgan fingerprint density at radius 2 is 2.04 bits per heavy atom. The number of carbonyl (C=O) groups is 2. The molecule has 2 unspecified atom stereocenters. The number of rotatable bonds is 6. The summed E-state index contributed by atoms with van der Waals surface area (Å²) in [6, 6.07) is 8.07. The van der Waals surface area contributed by atoms with Crippen molar-refractivity contribution in [3.05, 3.63) is 29.8 Å². The fraction of sp³-hybridized carbons (Fsp3) is 0.579. The zero-order valence-corrected chi connectivity index (χ0v) is 15.7. The summed E-state index contributed by atoms with van der Waals surface area (Å²) in [5.41, 5.74) is 7.73. The molecule has 1 aliphatic rings. The van der Waals surface area contributed by atoms with E-state index in [1.54, 1.807) is 4.90 Å². The van der Waals surface area contributed by atoms with Crippen LogP contribution in [0, 0.1) is 5.92 Å². The number of anilines is 1. The summed E-state index contributed by atoms with van der Waals surface area (Å²) in [6.45, 7) is 3.77. The summed E-state index contributed by atoms with van der Waals surface area (Å²) in [5, 5.41) is 0. The molecule has 138 valence electrons. The number of amides is 2. The quantitative estimate of drug-likeness (QED) is 0.843. The first-order chi connectivity index (χ1) is 11.8. The molecule has 2 atom stereocenters. The Bertz CT molecular complexity index is 617. The summed E-state index contributed by atoms with van der Waals surface area (Å²) in [5.74, 6) is -0.455. The van der Waals surface area contributed by atoms with E-state index >= 15 is 0 Å². The van der Waals surface area contributed by atoms with Crippen molar-refractivity contribution in [3.63, 3.8) is 0 Å². The average molecular weight is 346 g/mol. The van der Waals surface area contributed by atoms with Crippen LogP contribution < -0.4 is 10.6 Å². The molecule has 6 heteroatoms. The van der Waals surface area contributed by atoms with Gasteiger partial charge in [-0.25, -0.2) is 0 Å². The van der Waals surface area contributed by atoms with E-state index in [1.165, 1.54) is 5.56 Å². The van der Waals surface area contributed by atoms with Crippen molar-refractivity contribution in [1.29, 1.82) is 0 Å². The van der Waals surface area contributed by atoms with Gasteiger partial charge in [0.1, 0.15) is 0 Å². The normalized spacial score (nSPS) is 18.9. The second-order valence-corrected chi connectivity index (χ2v) is 7.18. The molecule has 1 aromatic rings. The number of hydrogen-bond donors (Lipinski definition) is 1. The van der Waals surface area contributed by atoms with Crippen molar-refractivity contribution in [3.8, 4) is 0 Å². The third kappa shape index (κ3) is 4.95. The monoisotopic (exact) mass is 346 g/mol. The van der Waals surface area contributed by atoms with Crippen molar-refractivity contribution in [1.82, 2.24) is 9.80 Å². The Kier molecular flexibility index (Phi) is 6.42. The first-order valence-electron chi connectivity index (χ1n) is 8.84. The van der Waals surface area contributed by atoms with Gasteiger partial charge in [-0.05, 0) is 44.5 Å². The number of benzene rings is 1. The summed E-state index contributed by atoms with van der Waals surface area (Å²) in [4.78, 5) is 30.1. The van der Waals surface area contributed by atoms with E-state index < -0.39 is 0 Å². The Morgan fingerprint density at radius 1 is 1.32 bits per heavy atom. The van der Waals surface area contributed by atoms with E-state index in [2.05, 4.69) is 23.1 Å². The van der Waals surface area contributed by atoms with Crippen LogP contribution >= 0.6 is 0 Å². The van der Waals surface area contributed by atoms with Gasteiger partial charge in [-0.2, -0.15) is 0 Å². The fourth-order valence-electron chi connectivity index (χ4n) is 3.22. The SMILES string of the molecule is CC(C(=O)N1CCCC(C(N)=O)C1)N(C)Cc1cccc(N(C)C)c1. The minimum Gasteiger partial charge on any atom is -0.378 e. The lowest BCUT2D eigenvalue weighted by atomic mass is 9.97. The minimum absolute atomic E-state index is 0.0669. The lowest BCUT2D eigenvalue weighted by molar-refractivity contribution is -0.139. The summed E-state index contributed by atoms with van der Waals surface area (Å²) >= 11 is 0. The molecule has 1 heterocycles. The second-order valence-electron chi connectivity index (χ2n) is 7.18. The Hall–Kier alpha value is -2.08. The first kappa shape index (κ1) is 19.2. The van der Waals surface area contributed by atoms with Crippen molar-refractivity contribution >= 4 is 17.5 Å². The number of nitrogens with zero attached hydrogens (tertiary/aromatic N) is 3. The number of likely N-dealkylation sites (tertiary alicyclic amines) is 1. The number of primary amides is 1. The highest BCUT2D eigenvalue weighted by molar-refractivity contribution is 5.83. The number of nitrogens with two attached hydrogens (primary N) is 1. The zero-order chi connectivity index (χ0) is 18.6. The van der Waals surface area contributed by atoms with Crippen LogP contribution in [-0.4, -0.2) is 61.9 Å². The molecular weight excluding hydrogens is 316 g/mol. The van der Waals surface area contributed by atoms with Gasteiger partial charge in [0, 0.05) is 39.4 Å². The Morgan fingerprint density at radius 3 is 2.68 bits per heavy atom. The van der Waals surface area contributed by atoms with Gasteiger partial charge in [0.15, 0.2) is 0 Å². The molecule has 0 bridgehead atoms.